The molecule has 5 heteroatoms. The van der Waals surface area contributed by atoms with Crippen molar-refractivity contribution in [2.45, 2.75) is 20.3 Å². The maximum absolute atomic E-state index is 12.1. The molecular weight excluding hydrogens is 220 g/mol. The van der Waals surface area contributed by atoms with E-state index < -0.39 is 0 Å². The number of carbonyl (C=O) groups excluding carboxylic acids is 1. The van der Waals surface area contributed by atoms with Gasteiger partial charge in [-0.25, -0.2) is 0 Å². The summed E-state index contributed by atoms with van der Waals surface area (Å²) in [5.41, 5.74) is 0.460. The molecule has 0 radical (unpaired) electrons. The van der Waals surface area contributed by atoms with Crippen LogP contribution < -0.4 is 5.56 Å². The van der Waals surface area contributed by atoms with Crippen LogP contribution in [0.1, 0.15) is 29.4 Å². The highest BCUT2D eigenvalue weighted by atomic mass is 16.3. The number of H-pyrrole nitrogens is 1. The molecule has 1 heterocycles. The van der Waals surface area contributed by atoms with Gasteiger partial charge in [0, 0.05) is 18.8 Å². The Morgan fingerprint density at radius 3 is 2.65 bits per heavy atom. The molecule has 17 heavy (non-hydrogen) atoms. The van der Waals surface area contributed by atoms with Crippen molar-refractivity contribution in [1.82, 2.24) is 9.88 Å². The third-order valence-corrected chi connectivity index (χ3v) is 2.44. The molecule has 1 aromatic heterocycles. The van der Waals surface area contributed by atoms with Gasteiger partial charge in [-0.15, -0.1) is 0 Å². The molecule has 0 saturated carbocycles. The normalized spacial score (nSPS) is 10.3. The quantitative estimate of drug-likeness (QED) is 0.785. The predicted octanol–water partition coefficient (Wildman–Crippen LogP) is 0.528. The van der Waals surface area contributed by atoms with E-state index in [9.17, 15) is 9.59 Å². The van der Waals surface area contributed by atoms with E-state index in [0.29, 0.717) is 6.54 Å². The maximum Gasteiger partial charge on any atom is 0.260 e. The van der Waals surface area contributed by atoms with E-state index in [1.165, 1.54) is 11.0 Å². The molecule has 0 saturated heterocycles. The number of carbonyl (C=O) groups is 1. The first-order valence-corrected chi connectivity index (χ1v) is 5.70. The van der Waals surface area contributed by atoms with Gasteiger partial charge in [0.15, 0.2) is 0 Å². The summed E-state index contributed by atoms with van der Waals surface area (Å²) >= 11 is 0. The lowest BCUT2D eigenvalue weighted by Gasteiger charge is -2.20. The summed E-state index contributed by atoms with van der Waals surface area (Å²) in [6.45, 7) is 4.38. The van der Waals surface area contributed by atoms with Crippen molar-refractivity contribution in [3.63, 3.8) is 0 Å². The van der Waals surface area contributed by atoms with Crippen LogP contribution in [0.15, 0.2) is 16.9 Å². The van der Waals surface area contributed by atoms with Gasteiger partial charge in [-0.1, -0.05) is 6.92 Å². The molecule has 0 aliphatic carbocycles. The van der Waals surface area contributed by atoms with E-state index in [0.717, 1.165) is 12.1 Å². The molecule has 0 aromatic carbocycles. The van der Waals surface area contributed by atoms with Crippen molar-refractivity contribution in [1.29, 1.82) is 0 Å². The predicted molar refractivity (Wildman–Crippen MR) is 65.1 cm³/mol. The number of aliphatic hydroxyl groups excluding tert-OH is 1. The van der Waals surface area contributed by atoms with Gasteiger partial charge in [0.25, 0.3) is 11.5 Å². The van der Waals surface area contributed by atoms with Crippen LogP contribution in [0.2, 0.25) is 0 Å². The summed E-state index contributed by atoms with van der Waals surface area (Å²) in [5, 5.41) is 8.89. The molecule has 1 rings (SSSR count). The Labute approximate surface area is 100 Å². The molecule has 0 aliphatic rings. The van der Waals surface area contributed by atoms with Crippen molar-refractivity contribution in [3.05, 3.63) is 33.7 Å². The van der Waals surface area contributed by atoms with Crippen molar-refractivity contribution in [2.24, 2.45) is 0 Å². The van der Waals surface area contributed by atoms with Crippen molar-refractivity contribution in [3.8, 4) is 0 Å². The molecule has 0 spiro atoms. The number of hydrogen-bond donors (Lipinski definition) is 2. The van der Waals surface area contributed by atoms with Crippen LogP contribution in [0.3, 0.4) is 0 Å². The van der Waals surface area contributed by atoms with Crippen LogP contribution in [0.5, 0.6) is 0 Å². The largest absolute Gasteiger partial charge is 0.395 e. The molecule has 1 aromatic rings. The fourth-order valence-electron chi connectivity index (χ4n) is 1.62. The molecule has 0 unspecified atom stereocenters. The number of pyridine rings is 1. The van der Waals surface area contributed by atoms with Crippen molar-refractivity contribution >= 4 is 5.91 Å². The molecule has 0 aliphatic heterocycles. The fourth-order valence-corrected chi connectivity index (χ4v) is 1.62. The Bertz CT molecular complexity index is 434. The summed E-state index contributed by atoms with van der Waals surface area (Å²) in [6.07, 6.45) is 0.787. The highest BCUT2D eigenvalue weighted by Gasteiger charge is 2.17. The van der Waals surface area contributed by atoms with E-state index in [2.05, 4.69) is 4.98 Å². The van der Waals surface area contributed by atoms with E-state index in [-0.39, 0.29) is 30.2 Å². The minimum absolute atomic E-state index is 0.102. The Morgan fingerprint density at radius 1 is 1.41 bits per heavy atom. The summed E-state index contributed by atoms with van der Waals surface area (Å²) in [5.74, 6) is -0.331. The zero-order valence-electron chi connectivity index (χ0n) is 10.2. The molecule has 0 fully saturated rings. The Balaban J connectivity index is 2.96. The first kappa shape index (κ1) is 13.4. The molecule has 0 bridgehead atoms. The lowest BCUT2D eigenvalue weighted by molar-refractivity contribution is 0.0720. The second-order valence-electron chi connectivity index (χ2n) is 3.90. The number of hydrogen-bond acceptors (Lipinski definition) is 3. The van der Waals surface area contributed by atoms with E-state index in [1.54, 1.807) is 13.0 Å². The van der Waals surface area contributed by atoms with E-state index in [1.807, 2.05) is 6.92 Å². The number of aliphatic hydroxyl groups is 1. The fraction of sp³-hybridized carbons (Fsp3) is 0.500. The van der Waals surface area contributed by atoms with Gasteiger partial charge in [-0.05, 0) is 25.5 Å². The summed E-state index contributed by atoms with van der Waals surface area (Å²) < 4.78 is 0. The van der Waals surface area contributed by atoms with Crippen LogP contribution in [0.4, 0.5) is 0 Å². The minimum Gasteiger partial charge on any atom is -0.395 e. The highest BCUT2D eigenvalue weighted by molar-refractivity contribution is 5.93. The van der Waals surface area contributed by atoms with Crippen LogP contribution in [-0.4, -0.2) is 40.6 Å². The van der Waals surface area contributed by atoms with Crippen molar-refractivity contribution < 1.29 is 9.90 Å². The number of nitrogens with zero attached hydrogens (tertiary/aromatic N) is 1. The first-order chi connectivity index (χ1) is 8.10. The Kier molecular flexibility index (Phi) is 4.90. The Hall–Kier alpha value is -1.62. The third kappa shape index (κ3) is 3.42. The monoisotopic (exact) mass is 238 g/mol. The van der Waals surface area contributed by atoms with Gasteiger partial charge >= 0.3 is 0 Å². The number of aryl methyl sites for hydroxylation is 1. The lowest BCUT2D eigenvalue weighted by Crippen LogP contribution is -2.37. The Morgan fingerprint density at radius 2 is 2.12 bits per heavy atom. The van der Waals surface area contributed by atoms with Crippen LogP contribution in [0.25, 0.3) is 0 Å². The molecule has 94 valence electrons. The van der Waals surface area contributed by atoms with Gasteiger partial charge < -0.3 is 15.0 Å². The summed E-state index contributed by atoms with van der Waals surface area (Å²) in [7, 11) is 0. The average Bonchev–Trinajstić information content (AvgIpc) is 2.28. The molecule has 2 N–H and O–H groups in total. The summed E-state index contributed by atoms with van der Waals surface area (Å²) in [6, 6.07) is 3.22. The third-order valence-electron chi connectivity index (χ3n) is 2.44. The van der Waals surface area contributed by atoms with E-state index in [4.69, 9.17) is 5.11 Å². The second-order valence-corrected chi connectivity index (χ2v) is 3.90. The number of aromatic amines is 1. The van der Waals surface area contributed by atoms with Crippen LogP contribution in [-0.2, 0) is 0 Å². The number of aromatic nitrogens is 1. The first-order valence-electron chi connectivity index (χ1n) is 5.70. The van der Waals surface area contributed by atoms with Crippen molar-refractivity contribution in [2.75, 3.05) is 19.7 Å². The topological polar surface area (TPSA) is 73.4 Å². The number of amides is 1. The molecular formula is C12H18N2O3. The smallest absolute Gasteiger partial charge is 0.260 e. The summed E-state index contributed by atoms with van der Waals surface area (Å²) in [4.78, 5) is 27.8. The molecule has 1 amide bonds. The number of nitrogens with one attached hydrogen (secondary N) is 1. The lowest BCUT2D eigenvalue weighted by atomic mass is 10.2. The van der Waals surface area contributed by atoms with Gasteiger partial charge in [0.1, 0.15) is 5.56 Å². The maximum atomic E-state index is 12.1. The molecule has 0 atom stereocenters. The second kappa shape index (κ2) is 6.20. The molecule has 5 nitrogen and oxygen atoms in total. The van der Waals surface area contributed by atoms with Gasteiger partial charge in [-0.3, -0.25) is 9.59 Å². The average molecular weight is 238 g/mol. The van der Waals surface area contributed by atoms with Crippen LogP contribution >= 0.6 is 0 Å². The van der Waals surface area contributed by atoms with E-state index >= 15 is 0 Å². The standard InChI is InChI=1S/C12H18N2O3/c1-3-6-14(7-8-15)12(17)10-5-4-9(2)13-11(10)16/h4-5,15H,3,6-8H2,1-2H3,(H,13,16). The van der Waals surface area contributed by atoms with Gasteiger partial charge in [0.2, 0.25) is 0 Å². The zero-order chi connectivity index (χ0) is 12.8. The zero-order valence-corrected chi connectivity index (χ0v) is 10.2. The highest BCUT2D eigenvalue weighted by Crippen LogP contribution is 2.01. The van der Waals surface area contributed by atoms with Crippen LogP contribution in [0, 0.1) is 6.92 Å². The van der Waals surface area contributed by atoms with Gasteiger partial charge in [-0.2, -0.15) is 0 Å². The minimum atomic E-state index is -0.381. The van der Waals surface area contributed by atoms with Gasteiger partial charge in [0.05, 0.1) is 6.61 Å². The SMILES string of the molecule is CCCN(CCO)C(=O)c1ccc(C)[nH]c1=O. The number of rotatable bonds is 5.